The predicted octanol–water partition coefficient (Wildman–Crippen LogP) is 4.21. The van der Waals surface area contributed by atoms with E-state index < -0.39 is 0 Å². The number of anilines is 1. The number of allylic oxidation sites excluding steroid dienone is 1. The Balaban J connectivity index is 1.73. The van der Waals surface area contributed by atoms with Crippen molar-refractivity contribution < 1.29 is 4.79 Å². The van der Waals surface area contributed by atoms with E-state index in [2.05, 4.69) is 34.0 Å². The summed E-state index contributed by atoms with van der Waals surface area (Å²) in [5.74, 6) is 0.653. The van der Waals surface area contributed by atoms with Crippen LogP contribution in [0.25, 0.3) is 11.4 Å². The lowest BCUT2D eigenvalue weighted by Crippen LogP contribution is -2.23. The highest BCUT2D eigenvalue weighted by atomic mass is 32.2. The Hall–Kier alpha value is -2.93. The molecule has 0 radical (unpaired) electrons. The molecule has 0 spiro atoms. The zero-order valence-electron chi connectivity index (χ0n) is 16.0. The van der Waals surface area contributed by atoms with Gasteiger partial charge < -0.3 is 5.32 Å². The molecule has 0 aliphatic carbocycles. The van der Waals surface area contributed by atoms with Gasteiger partial charge in [0, 0.05) is 30.2 Å². The standard InChI is InChI=1S/C21H23N5OS/c1-4-14-26-19(17-10-12-22-13-11-17)24-25-21(26)28-15(3)20(27)23-18-8-6-16(5-2)7-9-18/h4,6-13,15H,1,5,14H2,2-3H3,(H,23,27)/t15-/m1/s1. The van der Waals surface area contributed by atoms with Crippen LogP contribution >= 0.6 is 11.8 Å². The molecule has 0 bridgehead atoms. The molecular formula is C21H23N5OS. The number of aromatic nitrogens is 4. The van der Waals surface area contributed by atoms with E-state index in [1.165, 1.54) is 17.3 Å². The van der Waals surface area contributed by atoms with Gasteiger partial charge in [0.2, 0.25) is 5.91 Å². The van der Waals surface area contributed by atoms with Gasteiger partial charge in [-0.1, -0.05) is 36.9 Å². The van der Waals surface area contributed by atoms with E-state index in [4.69, 9.17) is 0 Å². The Kier molecular flexibility index (Phi) is 6.60. The van der Waals surface area contributed by atoms with Gasteiger partial charge in [0.05, 0.1) is 5.25 Å². The third-order valence-electron chi connectivity index (χ3n) is 4.25. The van der Waals surface area contributed by atoms with Crippen molar-refractivity contribution >= 4 is 23.4 Å². The molecule has 0 aliphatic rings. The van der Waals surface area contributed by atoms with Crippen LogP contribution < -0.4 is 5.32 Å². The zero-order valence-corrected chi connectivity index (χ0v) is 16.8. The van der Waals surface area contributed by atoms with Crippen molar-refractivity contribution in [2.45, 2.75) is 37.2 Å². The molecule has 2 heterocycles. The molecular weight excluding hydrogens is 370 g/mol. The van der Waals surface area contributed by atoms with Crippen molar-refractivity contribution in [1.82, 2.24) is 19.7 Å². The highest BCUT2D eigenvalue weighted by Gasteiger charge is 2.20. The molecule has 0 fully saturated rings. The zero-order chi connectivity index (χ0) is 19.9. The molecule has 0 saturated heterocycles. The van der Waals surface area contributed by atoms with E-state index >= 15 is 0 Å². The lowest BCUT2D eigenvalue weighted by Gasteiger charge is -2.13. The number of rotatable bonds is 8. The minimum Gasteiger partial charge on any atom is -0.325 e. The molecule has 144 valence electrons. The number of nitrogens with one attached hydrogen (secondary N) is 1. The van der Waals surface area contributed by atoms with Crippen LogP contribution in [0, 0.1) is 0 Å². The van der Waals surface area contributed by atoms with Gasteiger partial charge >= 0.3 is 0 Å². The van der Waals surface area contributed by atoms with Crippen LogP contribution in [0.5, 0.6) is 0 Å². The second-order valence-corrected chi connectivity index (χ2v) is 7.55. The van der Waals surface area contributed by atoms with E-state index in [1.807, 2.05) is 47.9 Å². The first-order valence-electron chi connectivity index (χ1n) is 9.13. The van der Waals surface area contributed by atoms with E-state index in [-0.39, 0.29) is 11.2 Å². The van der Waals surface area contributed by atoms with Crippen molar-refractivity contribution in [3.8, 4) is 11.4 Å². The number of hydrogen-bond acceptors (Lipinski definition) is 5. The third kappa shape index (κ3) is 4.67. The van der Waals surface area contributed by atoms with Gasteiger partial charge in [-0.25, -0.2) is 0 Å². The first kappa shape index (κ1) is 19.8. The SMILES string of the molecule is C=CCn1c(S[C@H](C)C(=O)Nc2ccc(CC)cc2)nnc1-c1ccncc1. The summed E-state index contributed by atoms with van der Waals surface area (Å²) in [6.45, 7) is 8.34. The van der Waals surface area contributed by atoms with Gasteiger partial charge in [0.25, 0.3) is 0 Å². The molecule has 1 N–H and O–H groups in total. The normalized spacial score (nSPS) is 11.8. The molecule has 0 saturated carbocycles. The Morgan fingerprint density at radius 2 is 1.93 bits per heavy atom. The molecule has 1 aromatic carbocycles. The Labute approximate surface area is 169 Å². The number of carbonyl (C=O) groups is 1. The average molecular weight is 394 g/mol. The smallest absolute Gasteiger partial charge is 0.237 e. The predicted molar refractivity (Wildman–Crippen MR) is 113 cm³/mol. The minimum atomic E-state index is -0.330. The second-order valence-electron chi connectivity index (χ2n) is 6.24. The number of benzene rings is 1. The first-order chi connectivity index (χ1) is 13.6. The maximum absolute atomic E-state index is 12.6. The van der Waals surface area contributed by atoms with Crippen molar-refractivity contribution in [3.05, 3.63) is 67.0 Å². The topological polar surface area (TPSA) is 72.7 Å². The Bertz CT molecular complexity index is 937. The van der Waals surface area contributed by atoms with Crippen LogP contribution in [0.4, 0.5) is 5.69 Å². The van der Waals surface area contributed by atoms with Crippen LogP contribution in [0.15, 0.2) is 66.6 Å². The molecule has 6 nitrogen and oxygen atoms in total. The Morgan fingerprint density at radius 1 is 1.21 bits per heavy atom. The first-order valence-corrected chi connectivity index (χ1v) is 10.0. The summed E-state index contributed by atoms with van der Waals surface area (Å²) >= 11 is 1.37. The summed E-state index contributed by atoms with van der Waals surface area (Å²) in [5.41, 5.74) is 2.95. The quantitative estimate of drug-likeness (QED) is 0.458. The number of thioether (sulfide) groups is 1. The number of nitrogens with zero attached hydrogens (tertiary/aromatic N) is 4. The van der Waals surface area contributed by atoms with Gasteiger partial charge in [-0.2, -0.15) is 0 Å². The number of aryl methyl sites for hydroxylation is 1. The van der Waals surface area contributed by atoms with Crippen LogP contribution in [-0.4, -0.2) is 30.9 Å². The van der Waals surface area contributed by atoms with Gasteiger partial charge in [-0.15, -0.1) is 16.8 Å². The van der Waals surface area contributed by atoms with Crippen LogP contribution in [0.1, 0.15) is 19.4 Å². The highest BCUT2D eigenvalue weighted by molar-refractivity contribution is 8.00. The lowest BCUT2D eigenvalue weighted by atomic mass is 10.1. The largest absolute Gasteiger partial charge is 0.325 e. The number of hydrogen-bond donors (Lipinski definition) is 1. The maximum Gasteiger partial charge on any atom is 0.237 e. The molecule has 7 heteroatoms. The van der Waals surface area contributed by atoms with Crippen LogP contribution in [-0.2, 0) is 17.8 Å². The fraction of sp³-hybridized carbons (Fsp3) is 0.238. The number of amides is 1. The molecule has 2 aromatic heterocycles. The van der Waals surface area contributed by atoms with Crippen molar-refractivity contribution in [1.29, 1.82) is 0 Å². The van der Waals surface area contributed by atoms with Gasteiger partial charge in [0.15, 0.2) is 11.0 Å². The summed E-state index contributed by atoms with van der Waals surface area (Å²) in [5, 5.41) is 11.9. The van der Waals surface area contributed by atoms with E-state index in [0.29, 0.717) is 11.7 Å². The Morgan fingerprint density at radius 3 is 2.57 bits per heavy atom. The molecule has 3 aromatic rings. The number of carbonyl (C=O) groups excluding carboxylic acids is 1. The highest BCUT2D eigenvalue weighted by Crippen LogP contribution is 2.27. The molecule has 0 unspecified atom stereocenters. The third-order valence-corrected chi connectivity index (χ3v) is 5.33. The minimum absolute atomic E-state index is 0.0761. The van der Waals surface area contributed by atoms with E-state index in [0.717, 1.165) is 23.5 Å². The van der Waals surface area contributed by atoms with Gasteiger partial charge in [-0.05, 0) is 43.2 Å². The monoisotopic (exact) mass is 393 g/mol. The average Bonchev–Trinajstić information content (AvgIpc) is 3.11. The van der Waals surface area contributed by atoms with Gasteiger partial charge in [-0.3, -0.25) is 14.3 Å². The van der Waals surface area contributed by atoms with Crippen molar-refractivity contribution in [3.63, 3.8) is 0 Å². The molecule has 0 aliphatic heterocycles. The van der Waals surface area contributed by atoms with Crippen molar-refractivity contribution in [2.24, 2.45) is 0 Å². The summed E-state index contributed by atoms with van der Waals surface area (Å²) < 4.78 is 1.95. The van der Waals surface area contributed by atoms with Crippen LogP contribution in [0.2, 0.25) is 0 Å². The van der Waals surface area contributed by atoms with Crippen molar-refractivity contribution in [2.75, 3.05) is 5.32 Å². The fourth-order valence-electron chi connectivity index (χ4n) is 2.66. The maximum atomic E-state index is 12.6. The van der Waals surface area contributed by atoms with Gasteiger partial charge in [0.1, 0.15) is 0 Å². The van der Waals surface area contributed by atoms with E-state index in [1.54, 1.807) is 18.5 Å². The number of pyridine rings is 1. The summed E-state index contributed by atoms with van der Waals surface area (Å²) in [4.78, 5) is 16.6. The molecule has 1 atom stereocenters. The summed E-state index contributed by atoms with van der Waals surface area (Å²) in [7, 11) is 0. The fourth-order valence-corrected chi connectivity index (χ4v) is 3.52. The molecule has 1 amide bonds. The van der Waals surface area contributed by atoms with E-state index in [9.17, 15) is 4.79 Å². The van der Waals surface area contributed by atoms with Crippen LogP contribution in [0.3, 0.4) is 0 Å². The summed E-state index contributed by atoms with van der Waals surface area (Å²) in [6, 6.07) is 11.7. The molecule has 3 rings (SSSR count). The molecule has 28 heavy (non-hydrogen) atoms. The summed E-state index contributed by atoms with van der Waals surface area (Å²) in [6.07, 6.45) is 6.20. The lowest BCUT2D eigenvalue weighted by molar-refractivity contribution is -0.115. The second kappa shape index (κ2) is 9.32.